The number of halogens is 1. The van der Waals surface area contributed by atoms with Crippen molar-refractivity contribution in [2.75, 3.05) is 19.5 Å². The Kier molecular flexibility index (Phi) is 7.06. The zero-order valence-electron chi connectivity index (χ0n) is 11.7. The molecule has 0 saturated heterocycles. The van der Waals surface area contributed by atoms with Gasteiger partial charge in [-0.25, -0.2) is 9.59 Å². The zero-order valence-corrected chi connectivity index (χ0v) is 12.4. The van der Waals surface area contributed by atoms with E-state index < -0.39 is 23.7 Å². The Bertz CT molecular complexity index is 288. The van der Waals surface area contributed by atoms with Gasteiger partial charge in [-0.2, -0.15) is 0 Å². The molecule has 18 heavy (non-hydrogen) atoms. The van der Waals surface area contributed by atoms with Crippen molar-refractivity contribution in [3.8, 4) is 0 Å². The van der Waals surface area contributed by atoms with Crippen LogP contribution in [0.5, 0.6) is 0 Å². The maximum atomic E-state index is 12.0. The average molecular weight is 280 g/mol. The molecule has 6 heteroatoms. The zero-order chi connectivity index (χ0) is 14.3. The molecule has 0 aromatic heterocycles. The number of ether oxygens (including phenoxy) is 2. The number of alkyl halides is 1. The quantitative estimate of drug-likeness (QED) is 0.573. The number of esters is 1. The second kappa shape index (κ2) is 7.46. The molecule has 0 aliphatic carbocycles. The molecule has 0 N–H and O–H groups in total. The molecule has 0 saturated carbocycles. The van der Waals surface area contributed by atoms with Gasteiger partial charge in [-0.1, -0.05) is 0 Å². The summed E-state index contributed by atoms with van der Waals surface area (Å²) >= 11 is 5.61. The number of nitrogens with zero attached hydrogens (tertiary/aromatic N) is 1. The van der Waals surface area contributed by atoms with Gasteiger partial charge in [0.2, 0.25) is 0 Å². The average Bonchev–Trinajstić information content (AvgIpc) is 2.25. The predicted molar refractivity (Wildman–Crippen MR) is 69.8 cm³/mol. The predicted octanol–water partition coefficient (Wildman–Crippen LogP) is 2.41. The summed E-state index contributed by atoms with van der Waals surface area (Å²) < 4.78 is 9.88. The van der Waals surface area contributed by atoms with Crippen molar-refractivity contribution in [2.45, 2.75) is 45.8 Å². The summed E-state index contributed by atoms with van der Waals surface area (Å²) in [5.41, 5.74) is -0.605. The topological polar surface area (TPSA) is 55.8 Å². The highest BCUT2D eigenvalue weighted by molar-refractivity contribution is 6.17. The van der Waals surface area contributed by atoms with Crippen LogP contribution in [-0.2, 0) is 14.3 Å². The second-order valence-electron chi connectivity index (χ2n) is 4.92. The summed E-state index contributed by atoms with van der Waals surface area (Å²) in [7, 11) is 1.29. The van der Waals surface area contributed by atoms with Crippen LogP contribution in [0.2, 0.25) is 0 Å². The molecule has 0 bridgehead atoms. The van der Waals surface area contributed by atoms with Crippen LogP contribution in [-0.4, -0.2) is 48.1 Å². The highest BCUT2D eigenvalue weighted by Gasteiger charge is 2.29. The van der Waals surface area contributed by atoms with Gasteiger partial charge >= 0.3 is 12.1 Å². The van der Waals surface area contributed by atoms with E-state index in [1.165, 1.54) is 12.0 Å². The lowest BCUT2D eigenvalue weighted by atomic mass is 10.2. The lowest BCUT2D eigenvalue weighted by molar-refractivity contribution is -0.146. The number of methoxy groups -OCH3 is 1. The molecule has 5 nitrogen and oxygen atoms in total. The maximum absolute atomic E-state index is 12.0. The van der Waals surface area contributed by atoms with Crippen molar-refractivity contribution in [3.63, 3.8) is 0 Å². The third-order valence-corrected chi connectivity index (χ3v) is 2.44. The van der Waals surface area contributed by atoms with E-state index in [2.05, 4.69) is 4.74 Å². The Morgan fingerprint density at radius 3 is 2.28 bits per heavy atom. The molecule has 1 atom stereocenters. The van der Waals surface area contributed by atoms with Crippen LogP contribution in [0.4, 0.5) is 4.79 Å². The minimum absolute atomic E-state index is 0.356. The van der Waals surface area contributed by atoms with Crippen molar-refractivity contribution in [1.29, 1.82) is 0 Å². The highest BCUT2D eigenvalue weighted by Crippen LogP contribution is 2.13. The Labute approximate surface area is 113 Å². The fraction of sp³-hybridized carbons (Fsp3) is 0.833. The molecule has 0 heterocycles. The SMILES string of the molecule is COC(=O)C(C)N(CCCCl)C(=O)OC(C)(C)C. The lowest BCUT2D eigenvalue weighted by Gasteiger charge is -2.30. The molecule has 0 rings (SSSR count). The van der Waals surface area contributed by atoms with Crippen LogP contribution < -0.4 is 0 Å². The summed E-state index contributed by atoms with van der Waals surface area (Å²) in [6.07, 6.45) is 0.0489. The minimum atomic E-state index is -0.687. The summed E-state index contributed by atoms with van der Waals surface area (Å²) in [5, 5.41) is 0. The number of rotatable bonds is 5. The molecule has 0 fully saturated rings. The fourth-order valence-electron chi connectivity index (χ4n) is 1.29. The van der Waals surface area contributed by atoms with Crippen LogP contribution in [0.1, 0.15) is 34.1 Å². The van der Waals surface area contributed by atoms with E-state index in [0.29, 0.717) is 18.8 Å². The van der Waals surface area contributed by atoms with E-state index >= 15 is 0 Å². The summed E-state index contributed by atoms with van der Waals surface area (Å²) in [6.45, 7) is 7.27. The van der Waals surface area contributed by atoms with Gasteiger partial charge in [0.05, 0.1) is 7.11 Å². The van der Waals surface area contributed by atoms with Crippen LogP contribution in [0, 0.1) is 0 Å². The van der Waals surface area contributed by atoms with Crippen LogP contribution in [0.25, 0.3) is 0 Å². The van der Waals surface area contributed by atoms with Gasteiger partial charge in [0.1, 0.15) is 11.6 Å². The Hall–Kier alpha value is -0.970. The summed E-state index contributed by atoms with van der Waals surface area (Å²) in [6, 6.07) is -0.687. The normalized spacial score (nSPS) is 12.8. The molecule has 0 spiro atoms. The van der Waals surface area contributed by atoms with Gasteiger partial charge in [-0.05, 0) is 34.1 Å². The van der Waals surface area contributed by atoms with Gasteiger partial charge in [0.15, 0.2) is 0 Å². The lowest BCUT2D eigenvalue weighted by Crippen LogP contribution is -2.46. The third kappa shape index (κ3) is 6.10. The first-order valence-corrected chi connectivity index (χ1v) is 6.39. The smallest absolute Gasteiger partial charge is 0.411 e. The van der Waals surface area contributed by atoms with Crippen molar-refractivity contribution in [3.05, 3.63) is 0 Å². The van der Waals surface area contributed by atoms with Gasteiger partial charge in [-0.3, -0.25) is 4.90 Å². The van der Waals surface area contributed by atoms with E-state index in [1.807, 2.05) is 0 Å². The maximum Gasteiger partial charge on any atom is 0.411 e. The van der Waals surface area contributed by atoms with E-state index in [0.717, 1.165) is 0 Å². The van der Waals surface area contributed by atoms with E-state index in [9.17, 15) is 9.59 Å². The van der Waals surface area contributed by atoms with Gasteiger partial charge in [-0.15, -0.1) is 11.6 Å². The van der Waals surface area contributed by atoms with Gasteiger partial charge in [0, 0.05) is 12.4 Å². The van der Waals surface area contributed by atoms with Crippen LogP contribution in [0.15, 0.2) is 0 Å². The number of hydrogen-bond acceptors (Lipinski definition) is 4. The molecule has 0 aromatic carbocycles. The Balaban J connectivity index is 4.76. The van der Waals surface area contributed by atoms with Gasteiger partial charge in [0.25, 0.3) is 0 Å². The van der Waals surface area contributed by atoms with Gasteiger partial charge < -0.3 is 9.47 Å². The number of amides is 1. The molecule has 1 unspecified atom stereocenters. The molecule has 0 radical (unpaired) electrons. The first kappa shape index (κ1) is 17.0. The monoisotopic (exact) mass is 279 g/mol. The summed E-state index contributed by atoms with van der Waals surface area (Å²) in [4.78, 5) is 24.8. The van der Waals surface area contributed by atoms with Crippen molar-refractivity contribution < 1.29 is 19.1 Å². The first-order chi connectivity index (χ1) is 8.22. The third-order valence-electron chi connectivity index (χ3n) is 2.17. The number of carbonyl (C=O) groups is 2. The molecule has 0 aliphatic rings. The molecule has 106 valence electrons. The largest absolute Gasteiger partial charge is 0.467 e. The highest BCUT2D eigenvalue weighted by atomic mass is 35.5. The Morgan fingerprint density at radius 2 is 1.89 bits per heavy atom. The van der Waals surface area contributed by atoms with Crippen LogP contribution in [0.3, 0.4) is 0 Å². The number of hydrogen-bond donors (Lipinski definition) is 0. The van der Waals surface area contributed by atoms with Crippen molar-refractivity contribution in [1.82, 2.24) is 4.90 Å². The second-order valence-corrected chi connectivity index (χ2v) is 5.29. The Morgan fingerprint density at radius 1 is 1.33 bits per heavy atom. The fourth-order valence-corrected chi connectivity index (χ4v) is 1.41. The molecule has 0 aliphatic heterocycles. The molecular weight excluding hydrogens is 258 g/mol. The van der Waals surface area contributed by atoms with Crippen molar-refractivity contribution >= 4 is 23.7 Å². The van der Waals surface area contributed by atoms with Crippen molar-refractivity contribution in [2.24, 2.45) is 0 Å². The van der Waals surface area contributed by atoms with E-state index in [4.69, 9.17) is 16.3 Å². The standard InChI is InChI=1S/C12H22ClNO4/c1-9(10(15)17-5)14(8-6-7-13)11(16)18-12(2,3)4/h9H,6-8H2,1-5H3. The minimum Gasteiger partial charge on any atom is -0.467 e. The molecule has 1 amide bonds. The molecule has 0 aromatic rings. The summed E-state index contributed by atoms with van der Waals surface area (Å²) in [5.74, 6) is -0.0665. The first-order valence-electron chi connectivity index (χ1n) is 5.86. The molecular formula is C12H22ClNO4. The van der Waals surface area contributed by atoms with E-state index in [1.54, 1.807) is 27.7 Å². The van der Waals surface area contributed by atoms with E-state index in [-0.39, 0.29) is 0 Å². The van der Waals surface area contributed by atoms with Crippen LogP contribution >= 0.6 is 11.6 Å². The number of carbonyl (C=O) groups excluding carboxylic acids is 2.